The van der Waals surface area contributed by atoms with Crippen molar-refractivity contribution in [2.45, 2.75) is 50.0 Å². The molecular formula is C15H20FNO. The van der Waals surface area contributed by atoms with E-state index >= 15 is 0 Å². The molecule has 3 rings (SSSR count). The van der Waals surface area contributed by atoms with E-state index in [-0.39, 0.29) is 17.3 Å². The molecule has 3 heteroatoms. The predicted octanol–water partition coefficient (Wildman–Crippen LogP) is 3.35. The van der Waals surface area contributed by atoms with Gasteiger partial charge in [0.25, 0.3) is 0 Å². The third kappa shape index (κ3) is 2.01. The van der Waals surface area contributed by atoms with E-state index in [9.17, 15) is 4.39 Å². The van der Waals surface area contributed by atoms with Gasteiger partial charge in [0.2, 0.25) is 0 Å². The zero-order chi connectivity index (χ0) is 12.6. The van der Waals surface area contributed by atoms with Crippen LogP contribution in [-0.4, -0.2) is 12.1 Å². The largest absolute Gasteiger partial charge is 0.487 e. The monoisotopic (exact) mass is 249 g/mol. The molecule has 1 heterocycles. The molecule has 1 atom stereocenters. The normalized spacial score (nSPS) is 25.6. The minimum absolute atomic E-state index is 0.0346. The van der Waals surface area contributed by atoms with Crippen molar-refractivity contribution < 1.29 is 9.13 Å². The first-order chi connectivity index (χ1) is 8.72. The average Bonchev–Trinajstić information content (AvgIpc) is 2.39. The molecule has 1 unspecified atom stereocenters. The molecule has 0 radical (unpaired) electrons. The van der Waals surface area contributed by atoms with Crippen LogP contribution in [0.15, 0.2) is 18.2 Å². The van der Waals surface area contributed by atoms with Gasteiger partial charge in [-0.3, -0.25) is 0 Å². The van der Waals surface area contributed by atoms with E-state index in [4.69, 9.17) is 10.5 Å². The molecule has 1 saturated carbocycles. The molecule has 0 amide bonds. The standard InChI is InChI=1S/C15H20FNO/c16-12-4-5-14-13(8-12)11(10-17)9-15(18-14)6-2-1-3-7-15/h4-5,8,11H,1-3,6-7,9-10,17H2. The lowest BCUT2D eigenvalue weighted by Crippen LogP contribution is -2.44. The molecule has 0 bridgehead atoms. The van der Waals surface area contributed by atoms with Crippen LogP contribution in [0, 0.1) is 5.82 Å². The van der Waals surface area contributed by atoms with E-state index in [1.165, 1.54) is 25.3 Å². The second-order valence-electron chi connectivity index (χ2n) is 5.66. The van der Waals surface area contributed by atoms with Gasteiger partial charge in [0.1, 0.15) is 17.2 Å². The van der Waals surface area contributed by atoms with Crippen molar-refractivity contribution in [1.82, 2.24) is 0 Å². The van der Waals surface area contributed by atoms with E-state index in [1.807, 2.05) is 0 Å². The first kappa shape index (κ1) is 12.0. The fourth-order valence-electron chi connectivity index (χ4n) is 3.48. The molecule has 2 N–H and O–H groups in total. The van der Waals surface area contributed by atoms with Gasteiger partial charge in [-0.25, -0.2) is 4.39 Å². The third-order valence-electron chi connectivity index (χ3n) is 4.41. The van der Waals surface area contributed by atoms with Crippen LogP contribution in [0.25, 0.3) is 0 Å². The Morgan fingerprint density at radius 3 is 2.78 bits per heavy atom. The van der Waals surface area contributed by atoms with Crippen molar-refractivity contribution in [2.75, 3.05) is 6.54 Å². The summed E-state index contributed by atoms with van der Waals surface area (Å²) >= 11 is 0. The fraction of sp³-hybridized carbons (Fsp3) is 0.600. The summed E-state index contributed by atoms with van der Waals surface area (Å²) < 4.78 is 19.6. The van der Waals surface area contributed by atoms with Gasteiger partial charge >= 0.3 is 0 Å². The maximum absolute atomic E-state index is 13.3. The smallest absolute Gasteiger partial charge is 0.123 e. The van der Waals surface area contributed by atoms with E-state index in [2.05, 4.69) is 0 Å². The van der Waals surface area contributed by atoms with Gasteiger partial charge in [-0.1, -0.05) is 6.42 Å². The topological polar surface area (TPSA) is 35.2 Å². The zero-order valence-electron chi connectivity index (χ0n) is 10.6. The molecule has 0 saturated heterocycles. The van der Waals surface area contributed by atoms with E-state index in [0.717, 1.165) is 30.6 Å². The van der Waals surface area contributed by atoms with Crippen molar-refractivity contribution in [3.05, 3.63) is 29.6 Å². The van der Waals surface area contributed by atoms with Gasteiger partial charge in [-0.2, -0.15) is 0 Å². The summed E-state index contributed by atoms with van der Waals surface area (Å²) in [6, 6.07) is 4.83. The molecule has 2 aliphatic rings. The quantitative estimate of drug-likeness (QED) is 0.828. The van der Waals surface area contributed by atoms with Gasteiger partial charge in [0.15, 0.2) is 0 Å². The number of hydrogen-bond acceptors (Lipinski definition) is 2. The van der Waals surface area contributed by atoms with Crippen molar-refractivity contribution in [3.8, 4) is 5.75 Å². The third-order valence-corrected chi connectivity index (χ3v) is 4.41. The minimum Gasteiger partial charge on any atom is -0.487 e. The minimum atomic E-state index is -0.199. The summed E-state index contributed by atoms with van der Waals surface area (Å²) in [6.07, 6.45) is 6.93. The Labute approximate surface area is 107 Å². The van der Waals surface area contributed by atoms with Crippen LogP contribution in [0.5, 0.6) is 5.75 Å². The Bertz CT molecular complexity index is 440. The highest BCUT2D eigenvalue weighted by molar-refractivity contribution is 5.40. The predicted molar refractivity (Wildman–Crippen MR) is 69.3 cm³/mol. The second kappa shape index (κ2) is 4.54. The van der Waals surface area contributed by atoms with E-state index in [0.29, 0.717) is 6.54 Å². The number of ether oxygens (including phenoxy) is 1. The number of rotatable bonds is 1. The zero-order valence-corrected chi connectivity index (χ0v) is 10.6. The van der Waals surface area contributed by atoms with Crippen LogP contribution < -0.4 is 10.5 Å². The maximum atomic E-state index is 13.3. The molecule has 1 aromatic carbocycles. The maximum Gasteiger partial charge on any atom is 0.123 e. The molecule has 18 heavy (non-hydrogen) atoms. The Hall–Kier alpha value is -1.09. The lowest BCUT2D eigenvalue weighted by molar-refractivity contribution is 0.00204. The molecule has 1 spiro atoms. The van der Waals surface area contributed by atoms with Crippen LogP contribution in [0.1, 0.15) is 50.0 Å². The number of fused-ring (bicyclic) bond motifs is 1. The molecule has 0 aromatic heterocycles. The highest BCUT2D eigenvalue weighted by Crippen LogP contribution is 2.46. The number of nitrogens with two attached hydrogens (primary N) is 1. The van der Waals surface area contributed by atoms with Crippen molar-refractivity contribution in [2.24, 2.45) is 5.73 Å². The molecule has 1 aliphatic heterocycles. The van der Waals surface area contributed by atoms with Crippen LogP contribution >= 0.6 is 0 Å². The summed E-state index contributed by atoms with van der Waals surface area (Å²) in [5.74, 6) is 0.887. The van der Waals surface area contributed by atoms with Gasteiger partial charge in [-0.15, -0.1) is 0 Å². The first-order valence-corrected chi connectivity index (χ1v) is 6.91. The van der Waals surface area contributed by atoms with E-state index in [1.54, 1.807) is 12.1 Å². The summed E-state index contributed by atoms with van der Waals surface area (Å²) in [5, 5.41) is 0. The van der Waals surface area contributed by atoms with E-state index < -0.39 is 0 Å². The average molecular weight is 249 g/mol. The molecular weight excluding hydrogens is 229 g/mol. The van der Waals surface area contributed by atoms with Crippen LogP contribution in [0.4, 0.5) is 4.39 Å². The van der Waals surface area contributed by atoms with Crippen molar-refractivity contribution in [1.29, 1.82) is 0 Å². The highest BCUT2D eigenvalue weighted by atomic mass is 19.1. The Morgan fingerprint density at radius 1 is 1.28 bits per heavy atom. The SMILES string of the molecule is NCC1CC2(CCCCC2)Oc2ccc(F)cc21. The van der Waals surface area contributed by atoms with Gasteiger partial charge in [0, 0.05) is 11.5 Å². The van der Waals surface area contributed by atoms with Crippen LogP contribution in [-0.2, 0) is 0 Å². The summed E-state index contributed by atoms with van der Waals surface area (Å²) in [5.41, 5.74) is 6.80. The molecule has 98 valence electrons. The summed E-state index contributed by atoms with van der Waals surface area (Å²) in [7, 11) is 0. The molecule has 1 fully saturated rings. The molecule has 1 aromatic rings. The van der Waals surface area contributed by atoms with Crippen molar-refractivity contribution >= 4 is 0 Å². The number of halogens is 1. The van der Waals surface area contributed by atoms with Crippen molar-refractivity contribution in [3.63, 3.8) is 0 Å². The lowest BCUT2D eigenvalue weighted by Gasteiger charge is -2.44. The van der Waals surface area contributed by atoms with Gasteiger partial charge < -0.3 is 10.5 Å². The molecule has 2 nitrogen and oxygen atoms in total. The Kier molecular flexibility index (Phi) is 3.02. The first-order valence-electron chi connectivity index (χ1n) is 6.91. The number of hydrogen-bond donors (Lipinski definition) is 1. The van der Waals surface area contributed by atoms with Crippen LogP contribution in [0.3, 0.4) is 0 Å². The summed E-state index contributed by atoms with van der Waals surface area (Å²) in [4.78, 5) is 0. The van der Waals surface area contributed by atoms with Gasteiger partial charge in [0.05, 0.1) is 0 Å². The second-order valence-corrected chi connectivity index (χ2v) is 5.66. The fourth-order valence-corrected chi connectivity index (χ4v) is 3.48. The highest BCUT2D eigenvalue weighted by Gasteiger charge is 2.41. The summed E-state index contributed by atoms with van der Waals surface area (Å²) in [6.45, 7) is 0.571. The number of benzene rings is 1. The Balaban J connectivity index is 1.96. The van der Waals surface area contributed by atoms with Gasteiger partial charge in [-0.05, 0) is 56.8 Å². The lowest BCUT2D eigenvalue weighted by atomic mass is 9.74. The Morgan fingerprint density at radius 2 is 2.06 bits per heavy atom. The van der Waals surface area contributed by atoms with Crippen LogP contribution in [0.2, 0.25) is 0 Å². The molecule has 1 aliphatic carbocycles.